The van der Waals surface area contributed by atoms with E-state index in [0.717, 1.165) is 16.8 Å². The lowest BCUT2D eigenvalue weighted by Gasteiger charge is -2.26. The first-order valence-electron chi connectivity index (χ1n) is 9.99. The molecule has 1 fully saturated rings. The predicted molar refractivity (Wildman–Crippen MR) is 112 cm³/mol. The molecule has 174 valence electrons. The molecule has 11 heteroatoms. The summed E-state index contributed by atoms with van der Waals surface area (Å²) >= 11 is 0. The van der Waals surface area contributed by atoms with E-state index in [-0.39, 0.29) is 17.1 Å². The summed E-state index contributed by atoms with van der Waals surface area (Å²) in [6.07, 6.45) is -3.10. The molecule has 1 aliphatic heterocycles. The number of carbonyl (C=O) groups is 1. The lowest BCUT2D eigenvalue weighted by molar-refractivity contribution is -0.133. The number of carbonyl (C=O) groups excluding carboxylic acids is 1. The molecule has 3 rings (SSSR count). The summed E-state index contributed by atoms with van der Waals surface area (Å²) in [5.41, 5.74) is 2.65. The number of aliphatic hydroxyl groups excluding tert-OH is 1. The van der Waals surface area contributed by atoms with Crippen molar-refractivity contribution in [2.75, 3.05) is 31.3 Å². The molecule has 1 aliphatic rings. The smallest absolute Gasteiger partial charge is 0.315 e. The van der Waals surface area contributed by atoms with Gasteiger partial charge in [0.05, 0.1) is 23.2 Å². The summed E-state index contributed by atoms with van der Waals surface area (Å²) < 4.78 is 60.9. The maximum Gasteiger partial charge on any atom is 0.315 e. The summed E-state index contributed by atoms with van der Waals surface area (Å²) in [7, 11) is -2.93. The highest BCUT2D eigenvalue weighted by atomic mass is 32.2. The van der Waals surface area contributed by atoms with Crippen molar-refractivity contribution < 1.29 is 31.5 Å². The summed E-state index contributed by atoms with van der Waals surface area (Å²) in [6, 6.07) is 8.64. The Morgan fingerprint density at radius 1 is 1.09 bits per heavy atom. The van der Waals surface area contributed by atoms with Gasteiger partial charge in [-0.2, -0.15) is 8.78 Å². The van der Waals surface area contributed by atoms with Gasteiger partial charge in [0, 0.05) is 31.4 Å². The standard InChI is InChI=1S/C21H24F3N3O4S/c22-11-18(26-21(29)20(23)24)19(28)15-3-1-14(2-4-15)16-5-6-17(25-12-16)13-27-7-9-32(30,31)10-8-27/h1-6,12,18-20,28H,7-11,13H2,(H,26,29)/t18-,19-/m1/s1. The number of nitrogens with one attached hydrogen (secondary N) is 1. The Balaban J connectivity index is 1.62. The van der Waals surface area contributed by atoms with Gasteiger partial charge in [0.15, 0.2) is 9.84 Å². The lowest BCUT2D eigenvalue weighted by Crippen LogP contribution is -2.43. The zero-order chi connectivity index (χ0) is 23.3. The molecule has 0 aliphatic carbocycles. The Morgan fingerprint density at radius 3 is 2.25 bits per heavy atom. The molecular formula is C21H24F3N3O4S. The SMILES string of the molecule is O=C(N[C@H](CF)[C@H](O)c1ccc(-c2ccc(CN3CCS(=O)(=O)CC3)nc2)cc1)C(F)F. The number of pyridine rings is 1. The van der Waals surface area contributed by atoms with Crippen LogP contribution < -0.4 is 5.32 Å². The zero-order valence-electron chi connectivity index (χ0n) is 17.1. The molecule has 1 aromatic heterocycles. The molecule has 2 aromatic rings. The third kappa shape index (κ3) is 6.27. The highest BCUT2D eigenvalue weighted by Gasteiger charge is 2.26. The van der Waals surface area contributed by atoms with E-state index >= 15 is 0 Å². The van der Waals surface area contributed by atoms with E-state index in [1.54, 1.807) is 23.6 Å². The van der Waals surface area contributed by atoms with Crippen LogP contribution in [0.2, 0.25) is 0 Å². The number of benzene rings is 1. The predicted octanol–water partition coefficient (Wildman–Crippen LogP) is 1.73. The maximum absolute atomic E-state index is 13.1. The van der Waals surface area contributed by atoms with Gasteiger partial charge in [-0.25, -0.2) is 12.8 Å². The second-order valence-electron chi connectivity index (χ2n) is 7.60. The topological polar surface area (TPSA) is 99.6 Å². The zero-order valence-corrected chi connectivity index (χ0v) is 17.9. The van der Waals surface area contributed by atoms with Crippen molar-refractivity contribution in [3.05, 3.63) is 53.9 Å². The van der Waals surface area contributed by atoms with Crippen molar-refractivity contribution in [3.63, 3.8) is 0 Å². The average Bonchev–Trinajstić information content (AvgIpc) is 2.79. The van der Waals surface area contributed by atoms with Crippen molar-refractivity contribution >= 4 is 15.7 Å². The van der Waals surface area contributed by atoms with Gasteiger partial charge in [-0.1, -0.05) is 30.3 Å². The van der Waals surface area contributed by atoms with Crippen LogP contribution in [0.1, 0.15) is 17.4 Å². The summed E-state index contributed by atoms with van der Waals surface area (Å²) in [4.78, 5) is 17.6. The largest absolute Gasteiger partial charge is 0.386 e. The second-order valence-corrected chi connectivity index (χ2v) is 9.91. The quantitative estimate of drug-likeness (QED) is 0.609. The summed E-state index contributed by atoms with van der Waals surface area (Å²) in [5.74, 6) is -1.34. The van der Waals surface area contributed by atoms with E-state index in [4.69, 9.17) is 0 Å². The van der Waals surface area contributed by atoms with Crippen LogP contribution in [0.15, 0.2) is 42.6 Å². The molecule has 0 unspecified atom stereocenters. The molecular weight excluding hydrogens is 447 g/mol. The molecule has 1 saturated heterocycles. The van der Waals surface area contributed by atoms with Crippen LogP contribution in [0.5, 0.6) is 0 Å². The summed E-state index contributed by atoms with van der Waals surface area (Å²) in [6.45, 7) is 0.311. The molecule has 0 spiro atoms. The number of amides is 1. The van der Waals surface area contributed by atoms with Crippen molar-refractivity contribution in [2.45, 2.75) is 25.1 Å². The van der Waals surface area contributed by atoms with Crippen LogP contribution in [-0.2, 0) is 21.2 Å². The fraction of sp³-hybridized carbons (Fsp3) is 0.429. The number of nitrogens with zero attached hydrogens (tertiary/aromatic N) is 2. The van der Waals surface area contributed by atoms with Crippen molar-refractivity contribution in [2.24, 2.45) is 0 Å². The van der Waals surface area contributed by atoms with Crippen LogP contribution in [0.4, 0.5) is 13.2 Å². The van der Waals surface area contributed by atoms with E-state index in [2.05, 4.69) is 4.98 Å². The molecule has 2 atom stereocenters. The molecule has 32 heavy (non-hydrogen) atoms. The molecule has 7 nitrogen and oxygen atoms in total. The van der Waals surface area contributed by atoms with E-state index in [1.165, 1.54) is 12.1 Å². The van der Waals surface area contributed by atoms with E-state index in [1.807, 2.05) is 17.0 Å². The first-order valence-corrected chi connectivity index (χ1v) is 11.8. The van der Waals surface area contributed by atoms with Gasteiger partial charge in [-0.15, -0.1) is 0 Å². The third-order valence-electron chi connectivity index (χ3n) is 5.31. The molecule has 1 aromatic carbocycles. The number of halogens is 3. The number of aliphatic hydroxyl groups is 1. The van der Waals surface area contributed by atoms with E-state index < -0.39 is 41.0 Å². The van der Waals surface area contributed by atoms with Gasteiger partial charge in [0.25, 0.3) is 5.91 Å². The van der Waals surface area contributed by atoms with Crippen molar-refractivity contribution in [1.82, 2.24) is 15.2 Å². The molecule has 0 radical (unpaired) electrons. The van der Waals surface area contributed by atoms with E-state index in [0.29, 0.717) is 19.6 Å². The molecule has 2 N–H and O–H groups in total. The minimum Gasteiger partial charge on any atom is -0.386 e. The van der Waals surface area contributed by atoms with Crippen LogP contribution in [0.3, 0.4) is 0 Å². The number of rotatable bonds is 8. The Labute approximate surface area is 184 Å². The van der Waals surface area contributed by atoms with Crippen molar-refractivity contribution in [3.8, 4) is 11.1 Å². The lowest BCUT2D eigenvalue weighted by atomic mass is 9.99. The molecule has 2 heterocycles. The van der Waals surface area contributed by atoms with Crippen LogP contribution >= 0.6 is 0 Å². The average molecular weight is 472 g/mol. The van der Waals surface area contributed by atoms with Crippen LogP contribution in [0.25, 0.3) is 11.1 Å². The third-order valence-corrected chi connectivity index (χ3v) is 6.92. The second kappa shape index (κ2) is 10.4. The fourth-order valence-electron chi connectivity index (χ4n) is 3.38. The Morgan fingerprint density at radius 2 is 1.72 bits per heavy atom. The number of hydrogen-bond donors (Lipinski definition) is 2. The number of alkyl halides is 3. The number of sulfone groups is 1. The highest BCUT2D eigenvalue weighted by Crippen LogP contribution is 2.24. The van der Waals surface area contributed by atoms with Gasteiger partial charge in [-0.3, -0.25) is 14.7 Å². The molecule has 1 amide bonds. The van der Waals surface area contributed by atoms with Crippen molar-refractivity contribution in [1.29, 1.82) is 0 Å². The Kier molecular flexibility index (Phi) is 7.86. The maximum atomic E-state index is 13.1. The minimum atomic E-state index is -3.29. The van der Waals surface area contributed by atoms with Crippen LogP contribution in [-0.4, -0.2) is 73.1 Å². The fourth-order valence-corrected chi connectivity index (χ4v) is 4.66. The van der Waals surface area contributed by atoms with Gasteiger partial charge in [-0.05, 0) is 17.2 Å². The van der Waals surface area contributed by atoms with Gasteiger partial charge >= 0.3 is 6.43 Å². The summed E-state index contributed by atoms with van der Waals surface area (Å²) in [5, 5.41) is 12.0. The monoisotopic (exact) mass is 471 g/mol. The van der Waals surface area contributed by atoms with Gasteiger partial charge in [0.2, 0.25) is 0 Å². The normalized spacial score (nSPS) is 18.3. The minimum absolute atomic E-state index is 0.151. The number of hydrogen-bond acceptors (Lipinski definition) is 6. The molecule has 0 saturated carbocycles. The molecule has 0 bridgehead atoms. The van der Waals surface area contributed by atoms with Crippen LogP contribution in [0, 0.1) is 0 Å². The Bertz CT molecular complexity index is 1000. The highest BCUT2D eigenvalue weighted by molar-refractivity contribution is 7.91. The van der Waals surface area contributed by atoms with E-state index in [9.17, 15) is 31.5 Å². The first-order chi connectivity index (χ1) is 15.2. The Hall–Kier alpha value is -2.50. The van der Waals surface area contributed by atoms with Gasteiger partial charge in [0.1, 0.15) is 12.8 Å². The first kappa shape index (κ1) is 24.1. The van der Waals surface area contributed by atoms with Gasteiger partial charge < -0.3 is 10.4 Å². The number of aromatic nitrogens is 1.